The largest absolute Gasteiger partial charge is 0.383 e. The van der Waals surface area contributed by atoms with E-state index in [4.69, 9.17) is 4.74 Å². The molecule has 1 aromatic carbocycles. The average Bonchev–Trinajstić information content (AvgIpc) is 2.48. The molecular formula is C18H30N2O. The molecule has 3 heteroatoms. The number of nitrogens with one attached hydrogen (secondary N) is 1. The first-order chi connectivity index (χ1) is 10.2. The predicted octanol–water partition coefficient (Wildman–Crippen LogP) is 2.75. The molecule has 0 radical (unpaired) electrons. The molecule has 1 saturated heterocycles. The van der Waals surface area contributed by atoms with Crippen LogP contribution in [0.3, 0.4) is 0 Å². The zero-order chi connectivity index (χ0) is 15.1. The molecule has 1 N–H and O–H groups in total. The number of piperidine rings is 1. The first kappa shape index (κ1) is 16.5. The summed E-state index contributed by atoms with van der Waals surface area (Å²) in [5.41, 5.74) is 4.27. The van der Waals surface area contributed by atoms with E-state index in [0.29, 0.717) is 0 Å². The van der Waals surface area contributed by atoms with Crippen molar-refractivity contribution in [3.8, 4) is 0 Å². The second-order valence-electron chi connectivity index (χ2n) is 6.37. The molecular weight excluding hydrogens is 260 g/mol. The Balaban J connectivity index is 1.82. The fourth-order valence-electron chi connectivity index (χ4n) is 3.15. The molecule has 21 heavy (non-hydrogen) atoms. The number of rotatable bonds is 7. The van der Waals surface area contributed by atoms with Crippen molar-refractivity contribution in [1.82, 2.24) is 10.2 Å². The van der Waals surface area contributed by atoms with E-state index in [2.05, 4.69) is 42.3 Å². The molecule has 1 unspecified atom stereocenters. The molecule has 118 valence electrons. The lowest BCUT2D eigenvalue weighted by Crippen LogP contribution is -2.39. The van der Waals surface area contributed by atoms with Gasteiger partial charge in [0.25, 0.3) is 0 Å². The Morgan fingerprint density at radius 3 is 3.00 bits per heavy atom. The van der Waals surface area contributed by atoms with Crippen molar-refractivity contribution >= 4 is 0 Å². The molecule has 0 amide bonds. The second-order valence-corrected chi connectivity index (χ2v) is 6.37. The van der Waals surface area contributed by atoms with Gasteiger partial charge in [0.05, 0.1) is 6.61 Å². The van der Waals surface area contributed by atoms with Gasteiger partial charge in [-0.15, -0.1) is 0 Å². The summed E-state index contributed by atoms with van der Waals surface area (Å²) in [6.07, 6.45) is 2.67. The van der Waals surface area contributed by atoms with Gasteiger partial charge in [-0.1, -0.05) is 23.8 Å². The minimum atomic E-state index is 0.778. The molecule has 3 nitrogen and oxygen atoms in total. The summed E-state index contributed by atoms with van der Waals surface area (Å²) in [4.78, 5) is 2.62. The Hall–Kier alpha value is -0.900. The van der Waals surface area contributed by atoms with Crippen LogP contribution in [0, 0.1) is 19.8 Å². The molecule has 1 aromatic rings. The third-order valence-corrected chi connectivity index (χ3v) is 4.42. The summed E-state index contributed by atoms with van der Waals surface area (Å²) in [6, 6.07) is 6.80. The van der Waals surface area contributed by atoms with E-state index < -0.39 is 0 Å². The summed E-state index contributed by atoms with van der Waals surface area (Å²) >= 11 is 0. The van der Waals surface area contributed by atoms with Crippen LogP contribution in [0.4, 0.5) is 0 Å². The van der Waals surface area contributed by atoms with Crippen molar-refractivity contribution < 1.29 is 4.74 Å². The molecule has 0 spiro atoms. The fraction of sp³-hybridized carbons (Fsp3) is 0.667. The predicted molar refractivity (Wildman–Crippen MR) is 88.7 cm³/mol. The zero-order valence-corrected chi connectivity index (χ0v) is 13.8. The van der Waals surface area contributed by atoms with E-state index in [9.17, 15) is 0 Å². The van der Waals surface area contributed by atoms with Crippen molar-refractivity contribution in [3.05, 3.63) is 34.9 Å². The summed E-state index contributed by atoms with van der Waals surface area (Å²) < 4.78 is 5.08. The molecule has 0 bridgehead atoms. The number of methoxy groups -OCH3 is 1. The van der Waals surface area contributed by atoms with Gasteiger partial charge in [-0.3, -0.25) is 4.90 Å². The molecule has 2 rings (SSSR count). The average molecular weight is 290 g/mol. The van der Waals surface area contributed by atoms with E-state index in [0.717, 1.165) is 32.2 Å². The van der Waals surface area contributed by atoms with Crippen LogP contribution in [0.25, 0.3) is 0 Å². The molecule has 1 aliphatic rings. The minimum Gasteiger partial charge on any atom is -0.383 e. The lowest BCUT2D eigenvalue weighted by molar-refractivity contribution is 0.159. The molecule has 1 fully saturated rings. The number of ether oxygens (including phenoxy) is 1. The molecule has 0 aliphatic carbocycles. The first-order valence-corrected chi connectivity index (χ1v) is 8.17. The van der Waals surface area contributed by atoms with Crippen LogP contribution in [-0.2, 0) is 11.3 Å². The van der Waals surface area contributed by atoms with Gasteiger partial charge in [0, 0.05) is 26.7 Å². The number of aryl methyl sites for hydroxylation is 2. The van der Waals surface area contributed by atoms with Crippen molar-refractivity contribution in [1.29, 1.82) is 0 Å². The van der Waals surface area contributed by atoms with Crippen LogP contribution in [-0.4, -0.2) is 44.8 Å². The summed E-state index contributed by atoms with van der Waals surface area (Å²) in [5.74, 6) is 0.778. The Morgan fingerprint density at radius 2 is 2.19 bits per heavy atom. The van der Waals surface area contributed by atoms with Crippen LogP contribution >= 0.6 is 0 Å². The third-order valence-electron chi connectivity index (χ3n) is 4.42. The second kappa shape index (κ2) is 8.52. The highest BCUT2D eigenvalue weighted by molar-refractivity contribution is 5.30. The van der Waals surface area contributed by atoms with Gasteiger partial charge in [-0.25, -0.2) is 0 Å². The van der Waals surface area contributed by atoms with Crippen molar-refractivity contribution in [2.75, 3.05) is 39.9 Å². The highest BCUT2D eigenvalue weighted by atomic mass is 16.5. The summed E-state index contributed by atoms with van der Waals surface area (Å²) in [6.45, 7) is 10.8. The van der Waals surface area contributed by atoms with E-state index in [1.54, 1.807) is 7.11 Å². The highest BCUT2D eigenvalue weighted by Gasteiger charge is 2.20. The van der Waals surface area contributed by atoms with Crippen LogP contribution in [0.1, 0.15) is 29.5 Å². The molecule has 1 aliphatic heterocycles. The standard InChI is InChI=1S/C18H30N2O/c1-15-6-7-16(2)18(11-15)14-20-9-4-5-17(13-20)12-19-8-10-21-3/h6-7,11,17,19H,4-5,8-10,12-14H2,1-3H3. The smallest absolute Gasteiger partial charge is 0.0587 e. The third kappa shape index (κ3) is 5.42. The maximum Gasteiger partial charge on any atom is 0.0587 e. The monoisotopic (exact) mass is 290 g/mol. The van der Waals surface area contributed by atoms with Crippen molar-refractivity contribution in [2.45, 2.75) is 33.2 Å². The number of nitrogens with zero attached hydrogens (tertiary/aromatic N) is 1. The van der Waals surface area contributed by atoms with Gasteiger partial charge >= 0.3 is 0 Å². The highest BCUT2D eigenvalue weighted by Crippen LogP contribution is 2.20. The Labute approximate surface area is 129 Å². The Morgan fingerprint density at radius 1 is 1.33 bits per heavy atom. The molecule has 0 saturated carbocycles. The van der Waals surface area contributed by atoms with E-state index in [-0.39, 0.29) is 0 Å². The first-order valence-electron chi connectivity index (χ1n) is 8.17. The summed E-state index contributed by atoms with van der Waals surface area (Å²) in [5, 5.41) is 3.51. The van der Waals surface area contributed by atoms with Crippen LogP contribution < -0.4 is 5.32 Å². The molecule has 0 aromatic heterocycles. The van der Waals surface area contributed by atoms with Gasteiger partial charge in [-0.2, -0.15) is 0 Å². The van der Waals surface area contributed by atoms with Crippen LogP contribution in [0.2, 0.25) is 0 Å². The van der Waals surface area contributed by atoms with E-state index in [1.165, 1.54) is 42.6 Å². The topological polar surface area (TPSA) is 24.5 Å². The zero-order valence-electron chi connectivity index (χ0n) is 13.8. The maximum absolute atomic E-state index is 5.08. The molecule has 1 heterocycles. The fourth-order valence-corrected chi connectivity index (χ4v) is 3.15. The Bertz CT molecular complexity index is 433. The minimum absolute atomic E-state index is 0.778. The van der Waals surface area contributed by atoms with Crippen molar-refractivity contribution in [3.63, 3.8) is 0 Å². The lowest BCUT2D eigenvalue weighted by Gasteiger charge is -2.33. The van der Waals surface area contributed by atoms with Crippen molar-refractivity contribution in [2.24, 2.45) is 5.92 Å². The van der Waals surface area contributed by atoms with Gasteiger partial charge in [0.2, 0.25) is 0 Å². The lowest BCUT2D eigenvalue weighted by atomic mass is 9.96. The van der Waals surface area contributed by atoms with Crippen LogP contribution in [0.5, 0.6) is 0 Å². The van der Waals surface area contributed by atoms with E-state index >= 15 is 0 Å². The SMILES string of the molecule is COCCNCC1CCCN(Cc2cc(C)ccc2C)C1. The van der Waals surface area contributed by atoms with Gasteiger partial charge in [0.1, 0.15) is 0 Å². The molecule has 1 atom stereocenters. The van der Waals surface area contributed by atoms with Crippen LogP contribution in [0.15, 0.2) is 18.2 Å². The Kier molecular flexibility index (Phi) is 6.68. The number of benzene rings is 1. The van der Waals surface area contributed by atoms with E-state index in [1.807, 2.05) is 0 Å². The number of likely N-dealkylation sites (tertiary alicyclic amines) is 1. The number of hydrogen-bond acceptors (Lipinski definition) is 3. The van der Waals surface area contributed by atoms with Gasteiger partial charge < -0.3 is 10.1 Å². The number of hydrogen-bond donors (Lipinski definition) is 1. The normalized spacial score (nSPS) is 19.9. The maximum atomic E-state index is 5.08. The van der Waals surface area contributed by atoms with Gasteiger partial charge in [-0.05, 0) is 56.8 Å². The quantitative estimate of drug-likeness (QED) is 0.782. The summed E-state index contributed by atoms with van der Waals surface area (Å²) in [7, 11) is 1.76. The van der Waals surface area contributed by atoms with Gasteiger partial charge in [0.15, 0.2) is 0 Å².